The third kappa shape index (κ3) is 5.93. The first kappa shape index (κ1) is 29.7. The van der Waals surface area contributed by atoms with E-state index in [0.717, 1.165) is 78.0 Å². The van der Waals surface area contributed by atoms with Gasteiger partial charge < -0.3 is 15.2 Å². The first-order valence-electron chi connectivity index (χ1n) is 14.7. The summed E-state index contributed by atoms with van der Waals surface area (Å²) in [6.45, 7) is 6.41. The number of ether oxygens (including phenoxy) is 2. The Kier molecular flexibility index (Phi) is 8.55. The van der Waals surface area contributed by atoms with Crippen LogP contribution in [0.1, 0.15) is 52.4 Å². The molecule has 0 bridgehead atoms. The number of nitrogens with zero attached hydrogens (tertiary/aromatic N) is 4. The molecular formula is C32H36ClN5O4S. The number of fused-ring (bicyclic) bond motifs is 2. The predicted octanol–water partition coefficient (Wildman–Crippen LogP) is 4.94. The summed E-state index contributed by atoms with van der Waals surface area (Å²) in [5.41, 5.74) is 10.8. The molecule has 1 aliphatic carbocycles. The summed E-state index contributed by atoms with van der Waals surface area (Å²) >= 11 is 7.84. The summed E-state index contributed by atoms with van der Waals surface area (Å²) in [5, 5.41) is 2.29. The van der Waals surface area contributed by atoms with Crippen LogP contribution >= 0.6 is 22.9 Å². The zero-order chi connectivity index (χ0) is 30.2. The number of thiophene rings is 1. The third-order valence-corrected chi connectivity index (χ3v) is 9.98. The molecule has 1 aliphatic heterocycles. The van der Waals surface area contributed by atoms with Crippen molar-refractivity contribution in [3.8, 4) is 16.9 Å². The molecule has 1 unspecified atom stereocenters. The number of likely N-dealkylation sites (tertiary alicyclic amines) is 1. The number of piperidine rings is 1. The maximum Gasteiger partial charge on any atom is 0.257 e. The number of benzene rings is 1. The van der Waals surface area contributed by atoms with Crippen LogP contribution < -0.4 is 16.0 Å². The van der Waals surface area contributed by atoms with Gasteiger partial charge in [-0.1, -0.05) is 11.6 Å². The Labute approximate surface area is 259 Å². The number of aromatic nitrogens is 3. The fraction of sp³-hybridized carbons (Fsp3) is 0.438. The molecule has 9 nitrogen and oxygen atoms in total. The highest BCUT2D eigenvalue weighted by molar-refractivity contribution is 7.18. The van der Waals surface area contributed by atoms with Crippen LogP contribution in [0.25, 0.3) is 21.3 Å². The highest BCUT2D eigenvalue weighted by Gasteiger charge is 2.30. The lowest BCUT2D eigenvalue weighted by atomic mass is 9.90. The minimum Gasteiger partial charge on any atom is -0.491 e. The zero-order valence-electron chi connectivity index (χ0n) is 24.7. The zero-order valence-corrected chi connectivity index (χ0v) is 26.3. The topological polar surface area (TPSA) is 113 Å². The van der Waals surface area contributed by atoms with Gasteiger partial charge in [0.1, 0.15) is 18.2 Å². The maximum absolute atomic E-state index is 13.7. The number of pyridine rings is 1. The molecule has 4 heterocycles. The van der Waals surface area contributed by atoms with Crippen molar-refractivity contribution in [2.75, 3.05) is 26.8 Å². The lowest BCUT2D eigenvalue weighted by Gasteiger charge is -2.39. The van der Waals surface area contributed by atoms with Gasteiger partial charge in [0, 0.05) is 59.0 Å². The van der Waals surface area contributed by atoms with Crippen molar-refractivity contribution in [3.63, 3.8) is 0 Å². The minimum atomic E-state index is -0.515. The predicted molar refractivity (Wildman–Crippen MR) is 169 cm³/mol. The molecule has 2 aliphatic rings. The molecule has 1 aromatic carbocycles. The van der Waals surface area contributed by atoms with Crippen LogP contribution in [0.2, 0.25) is 5.02 Å². The first-order valence-corrected chi connectivity index (χ1v) is 16.0. The molecule has 226 valence electrons. The summed E-state index contributed by atoms with van der Waals surface area (Å²) in [7, 11) is 1.79. The lowest BCUT2D eigenvalue weighted by molar-refractivity contribution is 0.0248. The van der Waals surface area contributed by atoms with Gasteiger partial charge in [-0.15, -0.1) is 11.3 Å². The van der Waals surface area contributed by atoms with E-state index in [4.69, 9.17) is 31.8 Å². The van der Waals surface area contributed by atoms with Crippen molar-refractivity contribution in [1.29, 1.82) is 0 Å². The second-order valence-corrected chi connectivity index (χ2v) is 12.7. The van der Waals surface area contributed by atoms with Crippen LogP contribution in [0.3, 0.4) is 0 Å². The highest BCUT2D eigenvalue weighted by atomic mass is 35.5. The van der Waals surface area contributed by atoms with Crippen LogP contribution in [0, 0.1) is 13.8 Å². The van der Waals surface area contributed by atoms with Gasteiger partial charge in [0.2, 0.25) is 0 Å². The number of aryl methyl sites for hydroxylation is 3. The van der Waals surface area contributed by atoms with Crippen molar-refractivity contribution < 1.29 is 14.3 Å². The Bertz CT molecular complexity index is 1740. The third-order valence-electron chi connectivity index (χ3n) is 8.74. The van der Waals surface area contributed by atoms with E-state index < -0.39 is 5.91 Å². The van der Waals surface area contributed by atoms with Gasteiger partial charge >= 0.3 is 0 Å². The second-order valence-electron chi connectivity index (χ2n) is 11.4. The SMILES string of the molecule is COC1CCN(C2CCc3nc(C)n(CCOc4ccc(Cl)cc4-c4cc(C)nc5c(C(N)=O)csc45)c(=O)c3C2)CC1. The van der Waals surface area contributed by atoms with E-state index in [9.17, 15) is 9.59 Å². The highest BCUT2D eigenvalue weighted by Crippen LogP contribution is 2.40. The molecule has 1 atom stereocenters. The second kappa shape index (κ2) is 12.4. The van der Waals surface area contributed by atoms with E-state index in [2.05, 4.69) is 9.88 Å². The number of methoxy groups -OCH3 is 1. The summed E-state index contributed by atoms with van der Waals surface area (Å²) < 4.78 is 14.4. The van der Waals surface area contributed by atoms with E-state index in [0.29, 0.717) is 46.4 Å². The van der Waals surface area contributed by atoms with E-state index >= 15 is 0 Å². The minimum absolute atomic E-state index is 0.0305. The number of amides is 1. The van der Waals surface area contributed by atoms with Crippen molar-refractivity contribution in [2.45, 2.75) is 64.6 Å². The Balaban J connectivity index is 1.23. The summed E-state index contributed by atoms with van der Waals surface area (Å²) in [6, 6.07) is 7.78. The molecule has 11 heteroatoms. The molecular weight excluding hydrogens is 586 g/mol. The molecule has 0 saturated carbocycles. The van der Waals surface area contributed by atoms with E-state index in [1.165, 1.54) is 11.3 Å². The average Bonchev–Trinajstić information content (AvgIpc) is 3.43. The molecule has 0 spiro atoms. The van der Waals surface area contributed by atoms with Crippen molar-refractivity contribution in [3.05, 3.63) is 73.4 Å². The molecule has 0 radical (unpaired) electrons. The Morgan fingerprint density at radius 1 is 1.14 bits per heavy atom. The molecule has 3 aromatic heterocycles. The Morgan fingerprint density at radius 2 is 1.93 bits per heavy atom. The fourth-order valence-corrected chi connectivity index (χ4v) is 7.66. The number of carbonyl (C=O) groups is 1. The van der Waals surface area contributed by atoms with Gasteiger partial charge in [0.15, 0.2) is 0 Å². The Morgan fingerprint density at radius 3 is 2.67 bits per heavy atom. The number of nitrogens with two attached hydrogens (primary N) is 1. The largest absolute Gasteiger partial charge is 0.491 e. The molecule has 1 amide bonds. The van der Waals surface area contributed by atoms with E-state index in [1.807, 2.05) is 32.0 Å². The van der Waals surface area contributed by atoms with Gasteiger partial charge in [-0.2, -0.15) is 0 Å². The molecule has 1 fully saturated rings. The van der Waals surface area contributed by atoms with Crippen LogP contribution in [-0.4, -0.2) is 64.3 Å². The summed E-state index contributed by atoms with van der Waals surface area (Å²) in [6.07, 6.45) is 4.98. The maximum atomic E-state index is 13.7. The number of halogens is 1. The number of hydrogen-bond donors (Lipinski definition) is 1. The number of hydrogen-bond acceptors (Lipinski definition) is 8. The van der Waals surface area contributed by atoms with Crippen molar-refractivity contribution >= 4 is 39.1 Å². The average molecular weight is 622 g/mol. The van der Waals surface area contributed by atoms with Crippen LogP contribution in [0.15, 0.2) is 34.4 Å². The van der Waals surface area contributed by atoms with E-state index in [-0.39, 0.29) is 12.2 Å². The molecule has 43 heavy (non-hydrogen) atoms. The smallest absolute Gasteiger partial charge is 0.257 e. The molecule has 6 rings (SSSR count). The van der Waals surface area contributed by atoms with E-state index in [1.54, 1.807) is 23.1 Å². The number of carbonyl (C=O) groups excluding carboxylic acids is 1. The molecule has 2 N–H and O–H groups in total. The summed E-state index contributed by atoms with van der Waals surface area (Å²) in [4.78, 5) is 37.7. The number of rotatable bonds is 8. The van der Waals surface area contributed by atoms with Crippen LogP contribution in [0.5, 0.6) is 5.75 Å². The van der Waals surface area contributed by atoms with Gasteiger partial charge in [-0.05, 0) is 70.2 Å². The molecule has 4 aromatic rings. The first-order chi connectivity index (χ1) is 20.7. The van der Waals surface area contributed by atoms with Gasteiger partial charge in [-0.3, -0.25) is 24.0 Å². The Hall–Kier alpha value is -3.31. The van der Waals surface area contributed by atoms with Crippen molar-refractivity contribution in [2.24, 2.45) is 5.73 Å². The number of primary amides is 1. The molecule has 1 saturated heterocycles. The standard InChI is InChI=1S/C32H36ClN5O4S/c1-18-14-24(30-29(35-18)26(17-43-30)31(34)39)23-15-20(33)4-7-28(23)42-13-12-38-19(2)36-27-6-5-21(16-25(27)32(38)40)37-10-8-22(41-3)9-11-37/h4,7,14-15,17,21-22H,5-6,8-13,16H2,1-3H3,(H2,34,39). The van der Waals surface area contributed by atoms with Gasteiger partial charge in [0.25, 0.3) is 11.5 Å². The van der Waals surface area contributed by atoms with Crippen LogP contribution in [0.4, 0.5) is 0 Å². The van der Waals surface area contributed by atoms with Crippen molar-refractivity contribution in [1.82, 2.24) is 19.4 Å². The van der Waals surface area contributed by atoms with Gasteiger partial charge in [-0.25, -0.2) is 4.98 Å². The quantitative estimate of drug-likeness (QED) is 0.297. The fourth-order valence-electron chi connectivity index (χ4n) is 6.46. The van der Waals surface area contributed by atoms with Crippen LogP contribution in [-0.2, 0) is 24.1 Å². The summed E-state index contributed by atoms with van der Waals surface area (Å²) in [5.74, 6) is 0.813. The lowest BCUT2D eigenvalue weighted by Crippen LogP contribution is -2.47. The monoisotopic (exact) mass is 621 g/mol. The normalized spacial score (nSPS) is 17.7. The van der Waals surface area contributed by atoms with Gasteiger partial charge in [0.05, 0.1) is 34.1 Å².